The van der Waals surface area contributed by atoms with Gasteiger partial charge in [0.2, 0.25) is 0 Å². The Morgan fingerprint density at radius 1 is 1.05 bits per heavy atom. The zero-order valence-electron chi connectivity index (χ0n) is 12.7. The minimum atomic E-state index is 0. The number of hydrogen-bond acceptors (Lipinski definition) is 1. The number of rotatable bonds is 2. The monoisotopic (exact) mass is 412 g/mol. The van der Waals surface area contributed by atoms with E-state index in [0.717, 1.165) is 12.8 Å². The summed E-state index contributed by atoms with van der Waals surface area (Å²) in [6, 6.07) is 17.4. The summed E-state index contributed by atoms with van der Waals surface area (Å²) in [4.78, 5) is 0. The standard InChI is InChI=1S/C14H11.C4H9O.2ClH.Zr/c1-10-8-12-7-6-11-4-2-3-5-13(11)14(12)9-10;1-2-3-4-5;;;/h2-9H,1H3;5H,1-4H2;2*1H;/q2*-1;;;+4/p-2. The van der Waals surface area contributed by atoms with Gasteiger partial charge in [-0.15, -0.1) is 28.5 Å². The molecule has 22 heavy (non-hydrogen) atoms. The molecule has 0 aliphatic carbocycles. The maximum atomic E-state index is 8.03. The van der Waals surface area contributed by atoms with Gasteiger partial charge in [0.15, 0.2) is 0 Å². The number of aliphatic hydroxyl groups is 1. The molecule has 0 saturated heterocycles. The Morgan fingerprint density at radius 3 is 2.32 bits per heavy atom. The molecule has 0 aromatic heterocycles. The number of benzene rings is 2. The summed E-state index contributed by atoms with van der Waals surface area (Å²) >= 11 is 0. The van der Waals surface area contributed by atoms with Gasteiger partial charge < -0.3 is 36.8 Å². The molecule has 1 nitrogen and oxygen atoms in total. The minimum absolute atomic E-state index is 0. The molecule has 3 aromatic rings. The van der Waals surface area contributed by atoms with Gasteiger partial charge in [-0.25, -0.2) is 0 Å². The van der Waals surface area contributed by atoms with Crippen molar-refractivity contribution in [3.05, 3.63) is 61.0 Å². The molecule has 3 rings (SSSR count). The number of aliphatic hydroxyl groups excluding tert-OH is 1. The molecule has 0 amide bonds. The fourth-order valence-electron chi connectivity index (χ4n) is 2.23. The van der Waals surface area contributed by atoms with E-state index in [1.165, 1.54) is 27.1 Å². The van der Waals surface area contributed by atoms with Gasteiger partial charge in [0.05, 0.1) is 0 Å². The molecule has 4 heteroatoms. The molecular formula is C18H20Cl2OZr. The zero-order chi connectivity index (χ0) is 13.7. The van der Waals surface area contributed by atoms with Crippen molar-refractivity contribution in [3.8, 4) is 0 Å². The van der Waals surface area contributed by atoms with Gasteiger partial charge >= 0.3 is 26.2 Å². The molecule has 0 atom stereocenters. The Bertz CT molecular complexity index is 662. The smallest absolute Gasteiger partial charge is 1.00 e. The molecule has 0 bridgehead atoms. The van der Waals surface area contributed by atoms with E-state index < -0.39 is 0 Å². The molecule has 0 heterocycles. The molecule has 1 N–H and O–H groups in total. The maximum absolute atomic E-state index is 8.03. The maximum Gasteiger partial charge on any atom is 4.00 e. The van der Waals surface area contributed by atoms with Crippen molar-refractivity contribution in [2.24, 2.45) is 0 Å². The molecule has 0 aliphatic rings. The van der Waals surface area contributed by atoms with Gasteiger partial charge in [-0.1, -0.05) is 49.1 Å². The second-order valence-electron chi connectivity index (χ2n) is 4.75. The Hall–Kier alpha value is -0.267. The SMILES string of the molecule is Cc1cc2c(ccc3ccccc32)[cH-]1.[CH2-]CCCO.[Cl-].[Cl-].[Zr+4]. The normalized spacial score (nSPS) is 9.05. The Labute approximate surface area is 164 Å². The molecular weight excluding hydrogens is 394 g/mol. The molecule has 0 unspecified atom stereocenters. The minimum Gasteiger partial charge on any atom is -1.00 e. The third-order valence-electron chi connectivity index (χ3n) is 3.17. The van der Waals surface area contributed by atoms with Crippen molar-refractivity contribution in [2.45, 2.75) is 19.8 Å². The van der Waals surface area contributed by atoms with E-state index in [2.05, 4.69) is 62.4 Å². The summed E-state index contributed by atoms with van der Waals surface area (Å²) in [5, 5.41) is 13.4. The fraction of sp³-hybridized carbons (Fsp3) is 0.222. The number of fused-ring (bicyclic) bond motifs is 3. The number of unbranched alkanes of at least 4 members (excludes halogenated alkanes) is 1. The summed E-state index contributed by atoms with van der Waals surface area (Å²) in [5.41, 5.74) is 1.34. The first-order valence-electron chi connectivity index (χ1n) is 6.71. The average Bonchev–Trinajstić information content (AvgIpc) is 2.81. The number of aryl methyl sites for hydroxylation is 1. The first-order valence-corrected chi connectivity index (χ1v) is 6.71. The van der Waals surface area contributed by atoms with Crippen LogP contribution in [0, 0.1) is 13.8 Å². The van der Waals surface area contributed by atoms with Crippen LogP contribution in [0.5, 0.6) is 0 Å². The zero-order valence-corrected chi connectivity index (χ0v) is 16.6. The van der Waals surface area contributed by atoms with E-state index in [1.807, 2.05) is 0 Å². The van der Waals surface area contributed by atoms with Crippen LogP contribution >= 0.6 is 0 Å². The number of hydrogen-bond donors (Lipinski definition) is 1. The van der Waals surface area contributed by atoms with Crippen molar-refractivity contribution < 1.29 is 56.1 Å². The van der Waals surface area contributed by atoms with E-state index in [9.17, 15) is 0 Å². The second-order valence-corrected chi connectivity index (χ2v) is 4.75. The fourth-order valence-corrected chi connectivity index (χ4v) is 2.23. The average molecular weight is 414 g/mol. The van der Waals surface area contributed by atoms with E-state index in [4.69, 9.17) is 5.11 Å². The van der Waals surface area contributed by atoms with Gasteiger partial charge in [0, 0.05) is 6.61 Å². The number of halogens is 2. The van der Waals surface area contributed by atoms with Crippen molar-refractivity contribution in [2.75, 3.05) is 6.61 Å². The van der Waals surface area contributed by atoms with Crippen LogP contribution in [0.15, 0.2) is 48.5 Å². The van der Waals surface area contributed by atoms with E-state index in [0.29, 0.717) is 0 Å². The summed E-state index contributed by atoms with van der Waals surface area (Å²) in [6.07, 6.45) is 1.68. The quantitative estimate of drug-likeness (QED) is 0.513. The molecule has 0 spiro atoms. The summed E-state index contributed by atoms with van der Waals surface area (Å²) in [5.74, 6) is 0. The Kier molecular flexibility index (Phi) is 13.3. The summed E-state index contributed by atoms with van der Waals surface area (Å²) in [6.45, 7) is 5.94. The third-order valence-corrected chi connectivity index (χ3v) is 3.17. The van der Waals surface area contributed by atoms with E-state index in [1.54, 1.807) is 0 Å². The molecule has 3 aromatic carbocycles. The molecule has 0 radical (unpaired) electrons. The van der Waals surface area contributed by atoms with Crippen molar-refractivity contribution in [1.29, 1.82) is 0 Å². The van der Waals surface area contributed by atoms with Crippen molar-refractivity contribution >= 4 is 21.5 Å². The first kappa shape index (κ1) is 24.0. The second kappa shape index (κ2) is 12.2. The largest absolute Gasteiger partial charge is 4.00 e. The van der Waals surface area contributed by atoms with Gasteiger partial charge in [-0.2, -0.15) is 12.5 Å². The third kappa shape index (κ3) is 6.09. The molecule has 116 valence electrons. The van der Waals surface area contributed by atoms with Crippen LogP contribution in [0.3, 0.4) is 0 Å². The van der Waals surface area contributed by atoms with E-state index in [-0.39, 0.29) is 57.6 Å². The first-order chi connectivity index (χ1) is 9.26. The predicted molar refractivity (Wildman–Crippen MR) is 83.5 cm³/mol. The predicted octanol–water partition coefficient (Wildman–Crippen LogP) is -1.38. The molecule has 0 aliphatic heterocycles. The van der Waals surface area contributed by atoms with Crippen molar-refractivity contribution in [3.63, 3.8) is 0 Å². The topological polar surface area (TPSA) is 20.2 Å². The van der Waals surface area contributed by atoms with Crippen LogP contribution in [0.4, 0.5) is 0 Å². The van der Waals surface area contributed by atoms with Crippen LogP contribution in [0.1, 0.15) is 18.4 Å². The molecule has 0 fully saturated rings. The van der Waals surface area contributed by atoms with Crippen molar-refractivity contribution in [1.82, 2.24) is 0 Å². The van der Waals surface area contributed by atoms with Gasteiger partial charge in [-0.05, 0) is 5.39 Å². The Morgan fingerprint density at radius 2 is 1.73 bits per heavy atom. The van der Waals surface area contributed by atoms with Crippen LogP contribution in [-0.2, 0) is 26.2 Å². The van der Waals surface area contributed by atoms with Crippen LogP contribution in [0.2, 0.25) is 0 Å². The molecule has 0 saturated carbocycles. The van der Waals surface area contributed by atoms with Crippen LogP contribution in [-0.4, -0.2) is 11.7 Å². The Balaban J connectivity index is 0. The van der Waals surface area contributed by atoms with Gasteiger partial charge in [-0.3, -0.25) is 0 Å². The van der Waals surface area contributed by atoms with Gasteiger partial charge in [0.25, 0.3) is 0 Å². The van der Waals surface area contributed by atoms with Crippen LogP contribution in [0.25, 0.3) is 21.5 Å². The van der Waals surface area contributed by atoms with E-state index >= 15 is 0 Å². The summed E-state index contributed by atoms with van der Waals surface area (Å²) in [7, 11) is 0. The van der Waals surface area contributed by atoms with Gasteiger partial charge in [0.1, 0.15) is 0 Å². The van der Waals surface area contributed by atoms with Crippen LogP contribution < -0.4 is 24.8 Å². The summed E-state index contributed by atoms with van der Waals surface area (Å²) < 4.78 is 0.